The van der Waals surface area contributed by atoms with E-state index in [-0.39, 0.29) is 17.7 Å². The SMILES string of the molecule is CCOC(=O)C1=C(C)N=c2s/c(=C\c3cn(Cc4ccccc4Cl)c4ccccc34)c(=O)n2[C@@H]1c1cc(OC)c(OC)cc1Br. The highest BCUT2D eigenvalue weighted by Crippen LogP contribution is 2.41. The summed E-state index contributed by atoms with van der Waals surface area (Å²) in [5, 5.41) is 1.69. The van der Waals surface area contributed by atoms with E-state index in [1.807, 2.05) is 54.7 Å². The van der Waals surface area contributed by atoms with Crippen LogP contribution in [-0.2, 0) is 16.1 Å². The summed E-state index contributed by atoms with van der Waals surface area (Å²) >= 11 is 11.4. The number of ether oxygens (including phenoxy) is 3. The largest absolute Gasteiger partial charge is 0.493 e. The van der Waals surface area contributed by atoms with E-state index in [0.717, 1.165) is 22.0 Å². The van der Waals surface area contributed by atoms with Crippen molar-refractivity contribution < 1.29 is 19.0 Å². The smallest absolute Gasteiger partial charge is 0.338 e. The monoisotopic (exact) mass is 705 g/mol. The van der Waals surface area contributed by atoms with Gasteiger partial charge in [0, 0.05) is 38.7 Å². The summed E-state index contributed by atoms with van der Waals surface area (Å²) in [5.41, 5.74) is 4.01. The van der Waals surface area contributed by atoms with Crippen LogP contribution < -0.4 is 24.4 Å². The van der Waals surface area contributed by atoms with E-state index in [1.165, 1.54) is 18.4 Å². The standard InChI is InChI=1S/C34H29BrClN3O5S/c1-5-44-33(41)30-19(2)37-34-39(31(30)23-15-27(42-3)28(43-4)16-24(23)35)32(40)29(45-34)14-21-18-38(26-13-9-7-11-22(21)26)17-20-10-6-8-12-25(20)36/h6-16,18,31H,5,17H2,1-4H3/b29-14-/t31-/m1/s1. The van der Waals surface area contributed by atoms with Gasteiger partial charge in [-0.25, -0.2) is 9.79 Å². The van der Waals surface area contributed by atoms with Crippen molar-refractivity contribution in [2.45, 2.75) is 26.4 Å². The Hall–Kier alpha value is -4.12. The molecule has 0 spiro atoms. The van der Waals surface area contributed by atoms with Crippen LogP contribution >= 0.6 is 38.9 Å². The molecule has 5 aromatic rings. The van der Waals surface area contributed by atoms with Gasteiger partial charge in [-0.3, -0.25) is 9.36 Å². The molecule has 45 heavy (non-hydrogen) atoms. The van der Waals surface area contributed by atoms with Gasteiger partial charge in [0.2, 0.25) is 0 Å². The maximum absolute atomic E-state index is 14.3. The van der Waals surface area contributed by atoms with Crippen molar-refractivity contribution in [2.75, 3.05) is 20.8 Å². The van der Waals surface area contributed by atoms with Crippen LogP contribution in [0.2, 0.25) is 5.02 Å². The number of aromatic nitrogens is 2. The van der Waals surface area contributed by atoms with Crippen LogP contribution in [0.4, 0.5) is 0 Å². The number of methoxy groups -OCH3 is 2. The summed E-state index contributed by atoms with van der Waals surface area (Å²) in [7, 11) is 3.09. The van der Waals surface area contributed by atoms with Crippen molar-refractivity contribution in [3.63, 3.8) is 0 Å². The lowest BCUT2D eigenvalue weighted by Gasteiger charge is -2.26. The number of hydrogen-bond acceptors (Lipinski definition) is 7. The number of benzene rings is 3. The molecule has 0 unspecified atom stereocenters. The summed E-state index contributed by atoms with van der Waals surface area (Å²) < 4.78 is 21.3. The zero-order valence-corrected chi connectivity index (χ0v) is 28.1. The maximum Gasteiger partial charge on any atom is 0.338 e. The summed E-state index contributed by atoms with van der Waals surface area (Å²) in [6.07, 6.45) is 3.92. The number of carbonyl (C=O) groups is 1. The third-order valence-corrected chi connectivity index (χ3v) is 9.76. The predicted molar refractivity (Wildman–Crippen MR) is 180 cm³/mol. The Kier molecular flexibility index (Phi) is 8.72. The van der Waals surface area contributed by atoms with Gasteiger partial charge < -0.3 is 18.8 Å². The summed E-state index contributed by atoms with van der Waals surface area (Å²) in [6, 6.07) is 18.5. The van der Waals surface area contributed by atoms with Gasteiger partial charge in [0.15, 0.2) is 16.3 Å². The third kappa shape index (κ3) is 5.62. The number of allylic oxidation sites excluding steroid dienone is 1. The highest BCUT2D eigenvalue weighted by molar-refractivity contribution is 9.10. The van der Waals surface area contributed by atoms with Crippen LogP contribution in [0.15, 0.2) is 92.4 Å². The molecule has 1 aliphatic rings. The minimum Gasteiger partial charge on any atom is -0.493 e. The topological polar surface area (TPSA) is 84.1 Å². The van der Waals surface area contributed by atoms with Crippen LogP contribution in [0.25, 0.3) is 17.0 Å². The lowest BCUT2D eigenvalue weighted by atomic mass is 9.95. The molecular weight excluding hydrogens is 678 g/mol. The number of rotatable bonds is 8. The van der Waals surface area contributed by atoms with Gasteiger partial charge in [-0.1, -0.05) is 75.3 Å². The van der Waals surface area contributed by atoms with E-state index in [1.54, 1.807) is 37.7 Å². The second-order valence-electron chi connectivity index (χ2n) is 10.4. The van der Waals surface area contributed by atoms with E-state index in [4.69, 9.17) is 30.8 Å². The fourth-order valence-corrected chi connectivity index (χ4v) is 7.41. The van der Waals surface area contributed by atoms with Crippen LogP contribution in [-0.4, -0.2) is 35.9 Å². The molecule has 0 radical (unpaired) electrons. The fourth-order valence-electron chi connectivity index (χ4n) is 5.64. The number of esters is 1. The molecule has 11 heteroatoms. The molecular formula is C34H29BrClN3O5S. The number of thiazole rings is 1. The van der Waals surface area contributed by atoms with E-state index in [0.29, 0.717) is 48.1 Å². The zero-order valence-electron chi connectivity index (χ0n) is 25.0. The Morgan fingerprint density at radius 2 is 1.80 bits per heavy atom. The van der Waals surface area contributed by atoms with Crippen molar-refractivity contribution in [3.8, 4) is 11.5 Å². The van der Waals surface area contributed by atoms with Crippen LogP contribution in [0, 0.1) is 0 Å². The molecule has 1 atom stereocenters. The van der Waals surface area contributed by atoms with Crippen molar-refractivity contribution in [3.05, 3.63) is 124 Å². The number of fused-ring (bicyclic) bond motifs is 2. The molecule has 6 rings (SSSR count). The van der Waals surface area contributed by atoms with Gasteiger partial charge in [-0.05, 0) is 55.3 Å². The second-order valence-corrected chi connectivity index (χ2v) is 12.6. The minimum atomic E-state index is -0.821. The number of carbonyl (C=O) groups excluding carboxylic acids is 1. The van der Waals surface area contributed by atoms with E-state index >= 15 is 0 Å². The molecule has 0 saturated carbocycles. The number of hydrogen-bond donors (Lipinski definition) is 0. The molecule has 0 N–H and O–H groups in total. The molecule has 0 saturated heterocycles. The highest BCUT2D eigenvalue weighted by Gasteiger charge is 2.35. The highest BCUT2D eigenvalue weighted by atomic mass is 79.9. The molecule has 0 fully saturated rings. The van der Waals surface area contributed by atoms with Gasteiger partial charge >= 0.3 is 5.97 Å². The molecule has 3 aromatic carbocycles. The minimum absolute atomic E-state index is 0.179. The normalized spacial score (nSPS) is 14.8. The van der Waals surface area contributed by atoms with Crippen LogP contribution in [0.5, 0.6) is 11.5 Å². The van der Waals surface area contributed by atoms with Crippen molar-refractivity contribution in [2.24, 2.45) is 4.99 Å². The van der Waals surface area contributed by atoms with E-state index in [9.17, 15) is 9.59 Å². The lowest BCUT2D eigenvalue weighted by Crippen LogP contribution is -2.40. The molecule has 8 nitrogen and oxygen atoms in total. The maximum atomic E-state index is 14.3. The lowest BCUT2D eigenvalue weighted by molar-refractivity contribution is -0.139. The summed E-state index contributed by atoms with van der Waals surface area (Å²) in [6.45, 7) is 4.25. The fraction of sp³-hybridized carbons (Fsp3) is 0.206. The van der Waals surface area contributed by atoms with Crippen molar-refractivity contribution in [1.29, 1.82) is 0 Å². The molecule has 2 aromatic heterocycles. The molecule has 230 valence electrons. The Morgan fingerprint density at radius 3 is 2.53 bits per heavy atom. The predicted octanol–water partition coefficient (Wildman–Crippen LogP) is 6.23. The quantitative estimate of drug-likeness (QED) is 0.179. The van der Waals surface area contributed by atoms with Gasteiger partial charge in [-0.2, -0.15) is 0 Å². The Morgan fingerprint density at radius 1 is 1.09 bits per heavy atom. The summed E-state index contributed by atoms with van der Waals surface area (Å²) in [4.78, 5) is 32.9. The van der Waals surface area contributed by atoms with Crippen molar-refractivity contribution >= 4 is 61.8 Å². The average Bonchev–Trinajstić information content (AvgIpc) is 3.53. The van der Waals surface area contributed by atoms with Gasteiger partial charge in [0.1, 0.15) is 0 Å². The van der Waals surface area contributed by atoms with Gasteiger partial charge in [0.05, 0.1) is 42.7 Å². The van der Waals surface area contributed by atoms with Crippen molar-refractivity contribution in [1.82, 2.24) is 9.13 Å². The Labute approximate surface area is 276 Å². The van der Waals surface area contributed by atoms with Crippen LogP contribution in [0.3, 0.4) is 0 Å². The number of halogens is 2. The Bertz CT molecular complexity index is 2180. The zero-order chi connectivity index (χ0) is 31.8. The number of para-hydroxylation sites is 1. The molecule has 0 amide bonds. The van der Waals surface area contributed by atoms with Gasteiger partial charge in [0.25, 0.3) is 5.56 Å². The van der Waals surface area contributed by atoms with Crippen LogP contribution in [0.1, 0.15) is 36.6 Å². The molecule has 1 aliphatic heterocycles. The first kappa shape index (κ1) is 30.9. The third-order valence-electron chi connectivity index (χ3n) is 7.72. The second kappa shape index (κ2) is 12.7. The van der Waals surface area contributed by atoms with Gasteiger partial charge in [-0.15, -0.1) is 0 Å². The summed E-state index contributed by atoms with van der Waals surface area (Å²) in [5.74, 6) is 0.427. The molecule has 3 heterocycles. The Balaban J connectivity index is 1.55. The molecule has 0 bridgehead atoms. The van der Waals surface area contributed by atoms with E-state index < -0.39 is 12.0 Å². The number of nitrogens with zero attached hydrogens (tertiary/aromatic N) is 3. The first-order chi connectivity index (χ1) is 21.7. The molecule has 0 aliphatic carbocycles. The van der Waals surface area contributed by atoms with E-state index in [2.05, 4.69) is 26.6 Å². The first-order valence-electron chi connectivity index (χ1n) is 14.2. The average molecular weight is 707 g/mol. The first-order valence-corrected chi connectivity index (χ1v) is 16.2.